The Hall–Kier alpha value is -3.28. The summed E-state index contributed by atoms with van der Waals surface area (Å²) >= 11 is 0. The maximum absolute atomic E-state index is 5.88. The molecule has 126 valence electrons. The minimum atomic E-state index is 0.199. The Kier molecular flexibility index (Phi) is 3.85. The molecule has 0 N–H and O–H groups in total. The second-order valence-electron chi connectivity index (χ2n) is 5.53. The number of nitrogens with zero attached hydrogens (tertiary/aromatic N) is 2. The molecular weight excluding hydrogens is 320 g/mol. The predicted molar refractivity (Wildman–Crippen MR) is 91.6 cm³/mol. The van der Waals surface area contributed by atoms with Gasteiger partial charge in [-0.25, -0.2) is 0 Å². The first-order valence-corrected chi connectivity index (χ1v) is 7.82. The van der Waals surface area contributed by atoms with Gasteiger partial charge in [-0.2, -0.15) is 4.98 Å². The van der Waals surface area contributed by atoms with Crippen molar-refractivity contribution in [2.45, 2.75) is 13.5 Å². The van der Waals surface area contributed by atoms with Crippen LogP contribution in [0.25, 0.3) is 22.6 Å². The molecule has 0 saturated heterocycles. The van der Waals surface area contributed by atoms with E-state index in [0.717, 1.165) is 28.0 Å². The molecule has 4 rings (SSSR count). The Morgan fingerprint density at radius 3 is 2.68 bits per heavy atom. The van der Waals surface area contributed by atoms with Crippen molar-refractivity contribution < 1.29 is 18.4 Å². The molecule has 2 aromatic heterocycles. The summed E-state index contributed by atoms with van der Waals surface area (Å²) in [6, 6.07) is 15.1. The lowest BCUT2D eigenvalue weighted by atomic mass is 10.1. The number of furan rings is 1. The van der Waals surface area contributed by atoms with Gasteiger partial charge in [-0.3, -0.25) is 0 Å². The number of para-hydroxylation sites is 1. The van der Waals surface area contributed by atoms with Crippen LogP contribution in [0.5, 0.6) is 11.5 Å². The van der Waals surface area contributed by atoms with Crippen LogP contribution < -0.4 is 9.47 Å². The minimum absolute atomic E-state index is 0.199. The largest absolute Gasteiger partial charge is 0.497 e. The lowest BCUT2D eigenvalue weighted by molar-refractivity contribution is 0.243. The monoisotopic (exact) mass is 336 g/mol. The molecule has 0 fully saturated rings. The van der Waals surface area contributed by atoms with Gasteiger partial charge in [0.25, 0.3) is 5.89 Å². The summed E-state index contributed by atoms with van der Waals surface area (Å²) < 4.78 is 22.0. The molecule has 0 radical (unpaired) electrons. The molecule has 25 heavy (non-hydrogen) atoms. The number of hydrogen-bond acceptors (Lipinski definition) is 6. The number of hydrogen-bond donors (Lipinski definition) is 0. The first kappa shape index (κ1) is 15.3. The number of rotatable bonds is 5. The van der Waals surface area contributed by atoms with Gasteiger partial charge in [-0.05, 0) is 37.3 Å². The summed E-state index contributed by atoms with van der Waals surface area (Å²) in [5.74, 6) is 2.89. The Morgan fingerprint density at radius 2 is 1.88 bits per heavy atom. The third-order valence-corrected chi connectivity index (χ3v) is 3.92. The normalized spacial score (nSPS) is 11.0. The predicted octanol–water partition coefficient (Wildman–Crippen LogP) is 4.38. The molecule has 0 spiro atoms. The summed E-state index contributed by atoms with van der Waals surface area (Å²) in [7, 11) is 1.63. The number of aromatic nitrogens is 2. The van der Waals surface area contributed by atoms with E-state index in [-0.39, 0.29) is 6.61 Å². The third kappa shape index (κ3) is 2.94. The van der Waals surface area contributed by atoms with E-state index in [1.807, 2.05) is 55.5 Å². The van der Waals surface area contributed by atoms with Crippen molar-refractivity contribution >= 4 is 11.0 Å². The summed E-state index contributed by atoms with van der Waals surface area (Å²) in [6.45, 7) is 2.15. The number of fused-ring (bicyclic) bond motifs is 1. The van der Waals surface area contributed by atoms with Gasteiger partial charge >= 0.3 is 0 Å². The number of aryl methyl sites for hydroxylation is 1. The zero-order valence-electron chi connectivity index (χ0n) is 13.9. The zero-order chi connectivity index (χ0) is 17.2. The van der Waals surface area contributed by atoms with E-state index in [0.29, 0.717) is 17.5 Å². The van der Waals surface area contributed by atoms with Gasteiger partial charge in [-0.15, -0.1) is 0 Å². The van der Waals surface area contributed by atoms with Crippen LogP contribution in [0.4, 0.5) is 0 Å². The van der Waals surface area contributed by atoms with Gasteiger partial charge in [0.2, 0.25) is 5.82 Å². The van der Waals surface area contributed by atoms with Gasteiger partial charge in [-0.1, -0.05) is 23.4 Å². The van der Waals surface area contributed by atoms with Crippen LogP contribution in [0.2, 0.25) is 0 Å². The van der Waals surface area contributed by atoms with Gasteiger partial charge < -0.3 is 18.4 Å². The SMILES string of the molecule is COc1ccc2oc(-c3noc(COc4ccccc4)n3)c(C)c2c1. The van der Waals surface area contributed by atoms with Crippen LogP contribution in [0.3, 0.4) is 0 Å². The van der Waals surface area contributed by atoms with Crippen molar-refractivity contribution in [1.29, 1.82) is 0 Å². The molecule has 6 nitrogen and oxygen atoms in total. The highest BCUT2D eigenvalue weighted by Crippen LogP contribution is 2.33. The van der Waals surface area contributed by atoms with Crippen LogP contribution in [0.1, 0.15) is 11.5 Å². The summed E-state index contributed by atoms with van der Waals surface area (Å²) in [5.41, 5.74) is 1.69. The van der Waals surface area contributed by atoms with Crippen LogP contribution in [-0.2, 0) is 6.61 Å². The first-order chi connectivity index (χ1) is 12.2. The maximum Gasteiger partial charge on any atom is 0.264 e. The van der Waals surface area contributed by atoms with Crippen LogP contribution in [0, 0.1) is 6.92 Å². The highest BCUT2D eigenvalue weighted by atomic mass is 16.5. The van der Waals surface area contributed by atoms with Crippen molar-refractivity contribution in [2.75, 3.05) is 7.11 Å². The molecule has 0 unspecified atom stereocenters. The number of ether oxygens (including phenoxy) is 2. The van der Waals surface area contributed by atoms with Gasteiger partial charge in [0.15, 0.2) is 12.4 Å². The fourth-order valence-electron chi connectivity index (χ4n) is 2.61. The molecule has 0 aliphatic rings. The lowest BCUT2D eigenvalue weighted by Crippen LogP contribution is -1.95. The summed E-state index contributed by atoms with van der Waals surface area (Å²) in [5, 5.41) is 4.97. The average Bonchev–Trinajstić information content (AvgIpc) is 3.25. The van der Waals surface area contributed by atoms with Crippen LogP contribution >= 0.6 is 0 Å². The third-order valence-electron chi connectivity index (χ3n) is 3.92. The first-order valence-electron chi connectivity index (χ1n) is 7.82. The molecule has 4 aromatic rings. The van der Waals surface area contributed by atoms with E-state index in [1.165, 1.54) is 0 Å². The topological polar surface area (TPSA) is 70.5 Å². The Bertz CT molecular complexity index is 1000. The maximum atomic E-state index is 5.88. The average molecular weight is 336 g/mol. The van der Waals surface area contributed by atoms with Gasteiger partial charge in [0.1, 0.15) is 17.1 Å². The highest BCUT2D eigenvalue weighted by Gasteiger charge is 2.18. The molecule has 2 aromatic carbocycles. The Labute approximate surface area is 144 Å². The Morgan fingerprint density at radius 1 is 1.04 bits per heavy atom. The van der Waals surface area contributed by atoms with Crippen molar-refractivity contribution in [3.05, 3.63) is 60.0 Å². The number of benzene rings is 2. The van der Waals surface area contributed by atoms with Gasteiger partial charge in [0, 0.05) is 10.9 Å². The van der Waals surface area contributed by atoms with E-state index in [1.54, 1.807) is 7.11 Å². The van der Waals surface area contributed by atoms with Crippen molar-refractivity contribution in [3.8, 4) is 23.1 Å². The van der Waals surface area contributed by atoms with Crippen molar-refractivity contribution in [2.24, 2.45) is 0 Å². The standard InChI is InChI=1S/C19H16N2O4/c1-12-15-10-14(22-2)8-9-16(15)24-18(12)19-20-17(25-21-19)11-23-13-6-4-3-5-7-13/h3-10H,11H2,1-2H3. The van der Waals surface area contributed by atoms with E-state index in [2.05, 4.69) is 10.1 Å². The van der Waals surface area contributed by atoms with E-state index in [4.69, 9.17) is 18.4 Å². The smallest absolute Gasteiger partial charge is 0.264 e. The second-order valence-corrected chi connectivity index (χ2v) is 5.53. The van der Waals surface area contributed by atoms with Crippen LogP contribution in [0.15, 0.2) is 57.5 Å². The van der Waals surface area contributed by atoms with E-state index >= 15 is 0 Å². The highest BCUT2D eigenvalue weighted by molar-refractivity contribution is 5.87. The quantitative estimate of drug-likeness (QED) is 0.539. The summed E-state index contributed by atoms with van der Waals surface area (Å²) in [4.78, 5) is 4.37. The van der Waals surface area contributed by atoms with Gasteiger partial charge in [0.05, 0.1) is 7.11 Å². The molecule has 6 heteroatoms. The van der Waals surface area contributed by atoms with E-state index < -0.39 is 0 Å². The fraction of sp³-hybridized carbons (Fsp3) is 0.158. The Balaban J connectivity index is 1.59. The fourth-order valence-corrected chi connectivity index (χ4v) is 2.61. The molecule has 0 bridgehead atoms. The second kappa shape index (κ2) is 6.32. The van der Waals surface area contributed by atoms with Crippen molar-refractivity contribution in [1.82, 2.24) is 10.1 Å². The molecule has 0 aliphatic carbocycles. The van der Waals surface area contributed by atoms with Crippen LogP contribution in [-0.4, -0.2) is 17.3 Å². The lowest BCUT2D eigenvalue weighted by Gasteiger charge is -2.00. The van der Waals surface area contributed by atoms with E-state index in [9.17, 15) is 0 Å². The zero-order valence-corrected chi connectivity index (χ0v) is 13.9. The minimum Gasteiger partial charge on any atom is -0.497 e. The molecule has 0 amide bonds. The molecule has 2 heterocycles. The number of methoxy groups -OCH3 is 1. The molecule has 0 saturated carbocycles. The van der Waals surface area contributed by atoms with Crippen molar-refractivity contribution in [3.63, 3.8) is 0 Å². The molecular formula is C19H16N2O4. The summed E-state index contributed by atoms with van der Waals surface area (Å²) in [6.07, 6.45) is 0. The molecule has 0 atom stereocenters. The molecule has 0 aliphatic heterocycles.